The lowest BCUT2D eigenvalue weighted by molar-refractivity contribution is 0.299. The van der Waals surface area contributed by atoms with Crippen molar-refractivity contribution in [3.63, 3.8) is 0 Å². The van der Waals surface area contributed by atoms with Crippen LogP contribution in [-0.4, -0.2) is 16.0 Å². The van der Waals surface area contributed by atoms with E-state index < -0.39 is 0 Å². The molecule has 0 radical (unpaired) electrons. The first kappa shape index (κ1) is 14.6. The van der Waals surface area contributed by atoms with Crippen molar-refractivity contribution in [2.24, 2.45) is 10.9 Å². The van der Waals surface area contributed by atoms with Crippen molar-refractivity contribution in [1.29, 1.82) is 0 Å². The molecule has 20 heavy (non-hydrogen) atoms. The van der Waals surface area contributed by atoms with Gasteiger partial charge in [0.2, 0.25) is 0 Å². The topological polar surface area (TPSA) is 80.7 Å². The number of amidine groups is 1. The number of ether oxygens (including phenoxy) is 1. The summed E-state index contributed by atoms with van der Waals surface area (Å²) in [6, 6.07) is 8.57. The van der Waals surface area contributed by atoms with Gasteiger partial charge in [-0.3, -0.25) is 4.98 Å². The van der Waals surface area contributed by atoms with E-state index in [0.717, 1.165) is 10.2 Å². The molecule has 0 spiro atoms. The van der Waals surface area contributed by atoms with Crippen LogP contribution in [0.2, 0.25) is 5.02 Å². The Kier molecular flexibility index (Phi) is 4.81. The first-order valence-corrected chi connectivity index (χ1v) is 6.78. The zero-order valence-electron chi connectivity index (χ0n) is 10.3. The van der Waals surface area contributed by atoms with Crippen molar-refractivity contribution < 1.29 is 9.94 Å². The summed E-state index contributed by atoms with van der Waals surface area (Å²) >= 11 is 9.23. The Bertz CT molecular complexity index is 632. The van der Waals surface area contributed by atoms with E-state index in [1.807, 2.05) is 12.1 Å². The number of nitrogens with two attached hydrogens (primary N) is 1. The molecule has 0 atom stereocenters. The Morgan fingerprint density at radius 3 is 2.85 bits per heavy atom. The van der Waals surface area contributed by atoms with Crippen LogP contribution in [0.5, 0.6) is 5.75 Å². The summed E-state index contributed by atoms with van der Waals surface area (Å²) in [4.78, 5) is 4.19. The molecule has 0 aliphatic heterocycles. The predicted octanol–water partition coefficient (Wildman–Crippen LogP) is 3.17. The van der Waals surface area contributed by atoms with E-state index >= 15 is 0 Å². The lowest BCUT2D eigenvalue weighted by Crippen LogP contribution is -2.15. The standard InChI is InChI=1S/C13H11BrClN3O2/c14-8-1-3-10(17-6-8)7-20-12-5-9(15)2-4-11(12)13(16)18-19/h1-6,19H,7H2,(H2,16,18). The number of pyridine rings is 1. The van der Waals surface area contributed by atoms with E-state index in [4.69, 9.17) is 27.3 Å². The number of hydrogen-bond acceptors (Lipinski definition) is 4. The molecule has 2 aromatic rings. The molecule has 1 aromatic heterocycles. The fourth-order valence-electron chi connectivity index (χ4n) is 1.52. The van der Waals surface area contributed by atoms with Crippen molar-refractivity contribution in [3.05, 3.63) is 57.3 Å². The minimum absolute atomic E-state index is 0.0413. The lowest BCUT2D eigenvalue weighted by Gasteiger charge is -2.10. The van der Waals surface area contributed by atoms with Gasteiger partial charge in [-0.2, -0.15) is 0 Å². The smallest absolute Gasteiger partial charge is 0.173 e. The average Bonchev–Trinajstić information content (AvgIpc) is 2.46. The molecule has 0 bridgehead atoms. The third kappa shape index (κ3) is 3.61. The van der Waals surface area contributed by atoms with Crippen LogP contribution >= 0.6 is 27.5 Å². The van der Waals surface area contributed by atoms with Gasteiger partial charge >= 0.3 is 0 Å². The van der Waals surface area contributed by atoms with E-state index in [1.165, 1.54) is 0 Å². The predicted molar refractivity (Wildman–Crippen MR) is 80.2 cm³/mol. The van der Waals surface area contributed by atoms with E-state index in [1.54, 1.807) is 24.4 Å². The van der Waals surface area contributed by atoms with Crippen LogP contribution in [0, 0.1) is 0 Å². The summed E-state index contributed by atoms with van der Waals surface area (Å²) in [6.45, 7) is 0.249. The van der Waals surface area contributed by atoms with E-state index in [-0.39, 0.29) is 12.4 Å². The summed E-state index contributed by atoms with van der Waals surface area (Å²) < 4.78 is 6.52. The molecule has 0 amide bonds. The SMILES string of the molecule is N/C(=N/O)c1ccc(Cl)cc1OCc1ccc(Br)cn1. The average molecular weight is 357 g/mol. The minimum Gasteiger partial charge on any atom is -0.486 e. The van der Waals surface area contributed by atoms with Gasteiger partial charge in [0.1, 0.15) is 12.4 Å². The van der Waals surface area contributed by atoms with Crippen molar-refractivity contribution in [2.75, 3.05) is 0 Å². The molecule has 0 aliphatic carbocycles. The summed E-state index contributed by atoms with van der Waals surface area (Å²) in [5.74, 6) is 0.387. The van der Waals surface area contributed by atoms with Gasteiger partial charge in [0.15, 0.2) is 5.84 Å². The second kappa shape index (κ2) is 6.58. The molecule has 3 N–H and O–H groups in total. The normalized spacial score (nSPS) is 11.4. The van der Waals surface area contributed by atoms with E-state index in [9.17, 15) is 0 Å². The third-order valence-corrected chi connectivity index (χ3v) is 3.20. The van der Waals surface area contributed by atoms with Gasteiger partial charge in [-0.25, -0.2) is 0 Å². The molecule has 5 nitrogen and oxygen atoms in total. The highest BCUT2D eigenvalue weighted by Gasteiger charge is 2.09. The van der Waals surface area contributed by atoms with Crippen molar-refractivity contribution in [1.82, 2.24) is 4.98 Å². The molecule has 1 heterocycles. The Morgan fingerprint density at radius 1 is 1.40 bits per heavy atom. The monoisotopic (exact) mass is 355 g/mol. The zero-order valence-corrected chi connectivity index (χ0v) is 12.6. The van der Waals surface area contributed by atoms with Gasteiger partial charge in [-0.15, -0.1) is 0 Å². The highest BCUT2D eigenvalue weighted by Crippen LogP contribution is 2.24. The molecular formula is C13H11BrClN3O2. The summed E-state index contributed by atoms with van der Waals surface area (Å²) in [6.07, 6.45) is 1.68. The molecule has 7 heteroatoms. The first-order chi connectivity index (χ1) is 9.60. The van der Waals surface area contributed by atoms with Crippen molar-refractivity contribution in [3.8, 4) is 5.75 Å². The molecule has 0 saturated carbocycles. The maximum Gasteiger partial charge on any atom is 0.173 e. The zero-order chi connectivity index (χ0) is 14.5. The number of hydrogen-bond donors (Lipinski definition) is 2. The fraction of sp³-hybridized carbons (Fsp3) is 0.0769. The Hall–Kier alpha value is -1.79. The Balaban J connectivity index is 2.20. The van der Waals surface area contributed by atoms with Crippen LogP contribution < -0.4 is 10.5 Å². The first-order valence-electron chi connectivity index (χ1n) is 5.61. The van der Waals surface area contributed by atoms with Gasteiger partial charge in [0.25, 0.3) is 0 Å². The molecule has 0 aliphatic rings. The molecular weight excluding hydrogens is 346 g/mol. The van der Waals surface area contributed by atoms with Crippen LogP contribution in [0.25, 0.3) is 0 Å². The highest BCUT2D eigenvalue weighted by molar-refractivity contribution is 9.10. The van der Waals surface area contributed by atoms with Gasteiger partial charge in [-0.05, 0) is 46.3 Å². The second-order valence-corrected chi connectivity index (χ2v) is 5.23. The lowest BCUT2D eigenvalue weighted by atomic mass is 10.2. The molecule has 2 rings (SSSR count). The highest BCUT2D eigenvalue weighted by atomic mass is 79.9. The van der Waals surface area contributed by atoms with Gasteiger partial charge < -0.3 is 15.7 Å². The van der Waals surface area contributed by atoms with E-state index in [2.05, 4.69) is 26.1 Å². The largest absolute Gasteiger partial charge is 0.486 e. The maximum absolute atomic E-state index is 8.75. The van der Waals surface area contributed by atoms with Crippen LogP contribution in [0.1, 0.15) is 11.3 Å². The number of rotatable bonds is 4. The molecule has 0 unspecified atom stereocenters. The minimum atomic E-state index is -0.0413. The quantitative estimate of drug-likeness (QED) is 0.381. The van der Waals surface area contributed by atoms with E-state index in [0.29, 0.717) is 16.3 Å². The number of aromatic nitrogens is 1. The summed E-state index contributed by atoms with van der Waals surface area (Å²) in [7, 11) is 0. The molecule has 0 saturated heterocycles. The second-order valence-electron chi connectivity index (χ2n) is 3.88. The van der Waals surface area contributed by atoms with Crippen LogP contribution in [0.3, 0.4) is 0 Å². The third-order valence-electron chi connectivity index (χ3n) is 2.49. The van der Waals surface area contributed by atoms with Crippen LogP contribution in [0.15, 0.2) is 46.2 Å². The fourth-order valence-corrected chi connectivity index (χ4v) is 1.92. The number of oxime groups is 1. The van der Waals surface area contributed by atoms with Gasteiger partial charge in [-0.1, -0.05) is 16.8 Å². The molecule has 0 fully saturated rings. The summed E-state index contributed by atoms with van der Waals surface area (Å²) in [5.41, 5.74) is 6.80. The van der Waals surface area contributed by atoms with Gasteiger partial charge in [0.05, 0.1) is 11.3 Å². The van der Waals surface area contributed by atoms with Crippen molar-refractivity contribution >= 4 is 33.4 Å². The number of halogens is 2. The van der Waals surface area contributed by atoms with Gasteiger partial charge in [0, 0.05) is 15.7 Å². The maximum atomic E-state index is 8.75. The number of benzene rings is 1. The number of nitrogens with zero attached hydrogens (tertiary/aromatic N) is 2. The Labute approximate surface area is 129 Å². The Morgan fingerprint density at radius 2 is 2.20 bits per heavy atom. The molecule has 1 aromatic carbocycles. The molecule has 104 valence electrons. The van der Waals surface area contributed by atoms with Crippen LogP contribution in [-0.2, 0) is 6.61 Å². The van der Waals surface area contributed by atoms with Crippen molar-refractivity contribution in [2.45, 2.75) is 6.61 Å². The van der Waals surface area contributed by atoms with Crippen LogP contribution in [0.4, 0.5) is 0 Å². The summed E-state index contributed by atoms with van der Waals surface area (Å²) in [5, 5.41) is 12.2.